The Kier molecular flexibility index (Phi) is 8.46. The first-order valence-electron chi connectivity index (χ1n) is 5.08. The summed E-state index contributed by atoms with van der Waals surface area (Å²) in [7, 11) is -7.29. The predicted molar refractivity (Wildman–Crippen MR) is 47.5 cm³/mol. The number of hydrogen-bond donors (Lipinski definition) is 0. The summed E-state index contributed by atoms with van der Waals surface area (Å²) >= 11 is 0. The minimum Gasteiger partial charge on any atom is -0.743 e. The van der Waals surface area contributed by atoms with Crippen molar-refractivity contribution in [2.75, 3.05) is 6.61 Å². The van der Waals surface area contributed by atoms with E-state index in [-0.39, 0.29) is 18.9 Å². The second-order valence-corrected chi connectivity index (χ2v) is 5.40. The summed E-state index contributed by atoms with van der Waals surface area (Å²) in [6.07, 6.45) is -24.5. The number of ether oxygens (including phenoxy) is 2. The Labute approximate surface area is 147 Å². The Morgan fingerprint density at radius 3 is 1.58 bits per heavy atom. The molecule has 0 N–H and O–H groups in total. The average molecular weight is 434 g/mol. The van der Waals surface area contributed by atoms with Gasteiger partial charge in [-0.1, -0.05) is 0 Å². The van der Waals surface area contributed by atoms with Crippen LogP contribution in [0.15, 0.2) is 0 Å². The van der Waals surface area contributed by atoms with Crippen molar-refractivity contribution in [3.05, 3.63) is 0 Å². The third-order valence-electron chi connectivity index (χ3n) is 2.03. The topological polar surface area (TPSA) is 75.7 Å². The SMILES string of the molecule is O=S(=O)([O-])C(F)(F)C(F)(F)OC(F)C(F)(F)OCC(F)(F)C(F)(F)F.[Li+]. The van der Waals surface area contributed by atoms with E-state index in [1.54, 1.807) is 0 Å². The summed E-state index contributed by atoms with van der Waals surface area (Å²) in [6, 6.07) is 0. The van der Waals surface area contributed by atoms with E-state index in [9.17, 15) is 65.7 Å². The zero-order valence-electron chi connectivity index (χ0n) is 11.8. The van der Waals surface area contributed by atoms with Gasteiger partial charge in [0, 0.05) is 0 Å². The number of alkyl halides is 12. The fourth-order valence-corrected chi connectivity index (χ4v) is 1.09. The molecule has 1 atom stereocenters. The summed E-state index contributed by atoms with van der Waals surface area (Å²) in [5.74, 6) is -6.03. The molecule has 0 aromatic rings. The molecule has 0 saturated carbocycles. The van der Waals surface area contributed by atoms with Gasteiger partial charge in [0.25, 0.3) is 6.36 Å². The van der Waals surface area contributed by atoms with Gasteiger partial charge in [-0.2, -0.15) is 48.3 Å². The van der Waals surface area contributed by atoms with E-state index in [4.69, 9.17) is 0 Å². The summed E-state index contributed by atoms with van der Waals surface area (Å²) in [6.45, 7) is -3.34. The van der Waals surface area contributed by atoms with Gasteiger partial charge >= 0.3 is 48.4 Å². The standard InChI is InChI=1S/C7H4F12O5S.Li/c8-2(24-6(16,17)7(18,19)25(20,21)22)4(11,12)23-1-3(9,10)5(13,14)15;/h2H,1H2,(H,20,21,22);/q;+1/p-1. The van der Waals surface area contributed by atoms with Crippen molar-refractivity contribution in [3.63, 3.8) is 0 Å². The quantitative estimate of drug-likeness (QED) is 0.302. The van der Waals surface area contributed by atoms with Crippen LogP contribution < -0.4 is 18.9 Å². The molecule has 5 nitrogen and oxygen atoms in total. The molecule has 152 valence electrons. The largest absolute Gasteiger partial charge is 1.00 e. The van der Waals surface area contributed by atoms with Crippen molar-refractivity contribution in [3.8, 4) is 0 Å². The number of rotatable bonds is 8. The van der Waals surface area contributed by atoms with E-state index in [0.29, 0.717) is 0 Å². The number of hydrogen-bond acceptors (Lipinski definition) is 5. The molecule has 0 aromatic heterocycles. The fourth-order valence-electron chi connectivity index (χ4n) is 0.747. The normalized spacial score (nSPS) is 16.2. The van der Waals surface area contributed by atoms with Crippen LogP contribution >= 0.6 is 0 Å². The van der Waals surface area contributed by atoms with Crippen molar-refractivity contribution in [1.29, 1.82) is 0 Å². The summed E-state index contributed by atoms with van der Waals surface area (Å²) in [5, 5.41) is -6.80. The zero-order valence-corrected chi connectivity index (χ0v) is 12.6. The van der Waals surface area contributed by atoms with Gasteiger partial charge in [0.2, 0.25) is 0 Å². The summed E-state index contributed by atoms with van der Waals surface area (Å²) in [4.78, 5) is 0. The molecule has 0 rings (SSSR count). The smallest absolute Gasteiger partial charge is 0.743 e. The Morgan fingerprint density at radius 1 is 0.885 bits per heavy atom. The maximum Gasteiger partial charge on any atom is 1.00 e. The van der Waals surface area contributed by atoms with Crippen LogP contribution in [0, 0.1) is 0 Å². The average Bonchev–Trinajstić information content (AvgIpc) is 2.33. The van der Waals surface area contributed by atoms with Gasteiger partial charge in [0.05, 0.1) is 0 Å². The molecule has 0 heterocycles. The van der Waals surface area contributed by atoms with Crippen molar-refractivity contribution in [2.45, 2.75) is 35.9 Å². The second-order valence-electron chi connectivity index (χ2n) is 3.97. The number of halogens is 12. The molecule has 1 unspecified atom stereocenters. The van der Waals surface area contributed by atoms with Gasteiger partial charge in [-0.25, -0.2) is 12.8 Å². The van der Waals surface area contributed by atoms with E-state index in [0.717, 1.165) is 0 Å². The molecular formula is C7H3F12LiO5S. The van der Waals surface area contributed by atoms with Gasteiger partial charge in [-0.15, -0.1) is 0 Å². The third kappa shape index (κ3) is 6.05. The maximum atomic E-state index is 12.7. The molecule has 0 spiro atoms. The molecule has 0 fully saturated rings. The first-order valence-corrected chi connectivity index (χ1v) is 6.48. The van der Waals surface area contributed by atoms with Crippen molar-refractivity contribution >= 4 is 10.1 Å². The van der Waals surface area contributed by atoms with Gasteiger partial charge in [0.15, 0.2) is 10.1 Å². The predicted octanol–water partition coefficient (Wildman–Crippen LogP) is -0.160. The van der Waals surface area contributed by atoms with E-state index in [1.807, 2.05) is 4.74 Å². The maximum absolute atomic E-state index is 12.7. The molecular weight excluding hydrogens is 431 g/mol. The Hall–Kier alpha value is -0.413. The van der Waals surface area contributed by atoms with Crippen LogP contribution in [-0.2, 0) is 19.6 Å². The van der Waals surface area contributed by atoms with Crippen LogP contribution in [0.4, 0.5) is 52.7 Å². The minimum atomic E-state index is -7.29. The van der Waals surface area contributed by atoms with Gasteiger partial charge in [-0.05, 0) is 0 Å². The molecule has 0 aromatic carbocycles. The second kappa shape index (κ2) is 7.91. The molecule has 0 aliphatic rings. The zero-order chi connectivity index (χ0) is 20.7. The van der Waals surface area contributed by atoms with Crippen molar-refractivity contribution < 1.29 is 94.0 Å². The van der Waals surface area contributed by atoms with E-state index in [1.165, 1.54) is 0 Å². The van der Waals surface area contributed by atoms with Crippen LogP contribution in [0.25, 0.3) is 0 Å². The van der Waals surface area contributed by atoms with Crippen molar-refractivity contribution in [1.82, 2.24) is 0 Å². The summed E-state index contributed by atoms with van der Waals surface area (Å²) < 4.78 is 182. The molecule has 0 aliphatic carbocycles. The van der Waals surface area contributed by atoms with Gasteiger partial charge in [-0.3, -0.25) is 4.74 Å². The Bertz CT molecular complexity index is 575. The molecule has 0 bridgehead atoms. The Morgan fingerprint density at radius 2 is 1.27 bits per heavy atom. The molecule has 0 aliphatic heterocycles. The fraction of sp³-hybridized carbons (Fsp3) is 1.00. The molecule has 26 heavy (non-hydrogen) atoms. The van der Waals surface area contributed by atoms with Crippen LogP contribution in [0.2, 0.25) is 0 Å². The summed E-state index contributed by atoms with van der Waals surface area (Å²) in [5.41, 5.74) is 0. The monoisotopic (exact) mass is 434 g/mol. The minimum absolute atomic E-state index is 0. The Balaban J connectivity index is 0. The third-order valence-corrected chi connectivity index (χ3v) is 2.89. The van der Waals surface area contributed by atoms with E-state index >= 15 is 0 Å². The van der Waals surface area contributed by atoms with Crippen LogP contribution in [0.3, 0.4) is 0 Å². The first-order chi connectivity index (χ1) is 10.6. The molecule has 0 amide bonds. The molecule has 19 heteroatoms. The van der Waals surface area contributed by atoms with E-state index < -0.39 is 52.7 Å². The van der Waals surface area contributed by atoms with Gasteiger partial charge < -0.3 is 9.29 Å². The first kappa shape index (κ1) is 27.8. The van der Waals surface area contributed by atoms with E-state index in [2.05, 4.69) is 4.74 Å². The van der Waals surface area contributed by atoms with Crippen LogP contribution in [-0.4, -0.2) is 55.5 Å². The van der Waals surface area contributed by atoms with Crippen LogP contribution in [0.1, 0.15) is 0 Å². The van der Waals surface area contributed by atoms with Crippen molar-refractivity contribution in [2.24, 2.45) is 0 Å². The molecule has 0 radical (unpaired) electrons. The molecule has 0 saturated heterocycles. The van der Waals surface area contributed by atoms with Crippen LogP contribution in [0.5, 0.6) is 0 Å². The van der Waals surface area contributed by atoms with Gasteiger partial charge in [0.1, 0.15) is 6.61 Å².